The number of carbonyl (C=O) groups is 1. The number of hydrogen-bond acceptors (Lipinski definition) is 1. The number of amides is 1. The van der Waals surface area contributed by atoms with Crippen molar-refractivity contribution in [1.29, 1.82) is 0 Å². The Balaban J connectivity index is 2.50. The second-order valence-corrected chi connectivity index (χ2v) is 3.24. The molecule has 1 aromatic rings. The lowest BCUT2D eigenvalue weighted by Crippen LogP contribution is -2.30. The van der Waals surface area contributed by atoms with Crippen molar-refractivity contribution in [1.82, 2.24) is 5.32 Å². The number of carbonyl (C=O) groups excluding carboxylic acids is 1. The normalized spacial score (nSPS) is 15.2. The molecule has 0 aromatic heterocycles. The third-order valence-electron chi connectivity index (χ3n) is 2.03. The Morgan fingerprint density at radius 1 is 1.42 bits per heavy atom. The van der Waals surface area contributed by atoms with E-state index < -0.39 is 0 Å². The largest absolute Gasteiger partial charge is 0.352 e. The Morgan fingerprint density at radius 3 is 3.08 bits per heavy atom. The van der Waals surface area contributed by atoms with Crippen LogP contribution in [-0.2, 0) is 17.8 Å². The molecule has 12 heavy (non-hydrogen) atoms. The first-order valence-electron chi connectivity index (χ1n) is 3.80. The first kappa shape index (κ1) is 7.62. The number of nitrogens with one attached hydrogen (secondary N) is 1. The number of fused-ring (bicyclic) bond motifs is 1. The SMILES string of the molecule is O=C1Cc2c(Cl)cccc2CN1. The molecular formula is C9H8ClNO. The highest BCUT2D eigenvalue weighted by atomic mass is 35.5. The minimum absolute atomic E-state index is 0.0515. The molecule has 1 aromatic carbocycles. The Kier molecular flexibility index (Phi) is 1.77. The molecule has 1 aliphatic heterocycles. The minimum atomic E-state index is 0.0515. The molecule has 0 atom stereocenters. The second kappa shape index (κ2) is 2.79. The Hall–Kier alpha value is -1.02. The molecule has 3 heteroatoms. The summed E-state index contributed by atoms with van der Waals surface area (Å²) in [5.74, 6) is 0.0515. The van der Waals surface area contributed by atoms with Gasteiger partial charge in [-0.2, -0.15) is 0 Å². The lowest BCUT2D eigenvalue weighted by Gasteiger charge is -2.17. The van der Waals surface area contributed by atoms with Crippen LogP contribution in [0.3, 0.4) is 0 Å². The number of hydrogen-bond donors (Lipinski definition) is 1. The van der Waals surface area contributed by atoms with Crippen LogP contribution in [0.15, 0.2) is 18.2 Å². The van der Waals surface area contributed by atoms with Crippen molar-refractivity contribution in [3.63, 3.8) is 0 Å². The average Bonchev–Trinajstić information content (AvgIpc) is 2.07. The van der Waals surface area contributed by atoms with Crippen LogP contribution >= 0.6 is 11.6 Å². The third-order valence-corrected chi connectivity index (χ3v) is 2.38. The van der Waals surface area contributed by atoms with Crippen molar-refractivity contribution in [3.8, 4) is 0 Å². The molecule has 0 fully saturated rings. The van der Waals surface area contributed by atoms with E-state index >= 15 is 0 Å². The van der Waals surface area contributed by atoms with Crippen molar-refractivity contribution in [3.05, 3.63) is 34.3 Å². The van der Waals surface area contributed by atoms with Crippen LogP contribution in [0, 0.1) is 0 Å². The highest BCUT2D eigenvalue weighted by Crippen LogP contribution is 2.22. The summed E-state index contributed by atoms with van der Waals surface area (Å²) in [6, 6.07) is 5.71. The fourth-order valence-electron chi connectivity index (χ4n) is 1.38. The van der Waals surface area contributed by atoms with Crippen LogP contribution < -0.4 is 5.32 Å². The molecule has 1 aliphatic rings. The van der Waals surface area contributed by atoms with Gasteiger partial charge < -0.3 is 5.32 Å². The van der Waals surface area contributed by atoms with E-state index in [1.807, 2.05) is 18.2 Å². The molecule has 2 rings (SSSR count). The molecule has 2 nitrogen and oxygen atoms in total. The van der Waals surface area contributed by atoms with Crippen LogP contribution in [0.1, 0.15) is 11.1 Å². The zero-order valence-electron chi connectivity index (χ0n) is 6.43. The standard InChI is InChI=1S/C9H8ClNO/c10-8-3-1-2-6-5-11-9(12)4-7(6)8/h1-3H,4-5H2,(H,11,12). The monoisotopic (exact) mass is 181 g/mol. The van der Waals surface area contributed by atoms with E-state index in [0.717, 1.165) is 11.1 Å². The highest BCUT2D eigenvalue weighted by molar-refractivity contribution is 6.31. The van der Waals surface area contributed by atoms with Gasteiger partial charge in [-0.15, -0.1) is 0 Å². The zero-order valence-corrected chi connectivity index (χ0v) is 7.19. The summed E-state index contributed by atoms with van der Waals surface area (Å²) in [7, 11) is 0. The number of halogens is 1. The first-order valence-corrected chi connectivity index (χ1v) is 4.18. The predicted molar refractivity (Wildman–Crippen MR) is 47.0 cm³/mol. The maximum absolute atomic E-state index is 11.0. The summed E-state index contributed by atoms with van der Waals surface area (Å²) in [5, 5.41) is 3.46. The summed E-state index contributed by atoms with van der Waals surface area (Å²) in [6.45, 7) is 0.606. The van der Waals surface area contributed by atoms with Crippen molar-refractivity contribution in [2.45, 2.75) is 13.0 Å². The molecule has 0 unspecified atom stereocenters. The smallest absolute Gasteiger partial charge is 0.224 e. The van der Waals surface area contributed by atoms with E-state index in [4.69, 9.17) is 11.6 Å². The van der Waals surface area contributed by atoms with Gasteiger partial charge in [0.25, 0.3) is 0 Å². The molecule has 0 bridgehead atoms. The van der Waals surface area contributed by atoms with E-state index in [2.05, 4.69) is 5.32 Å². The Labute approximate surface area is 75.5 Å². The molecule has 0 radical (unpaired) electrons. The Bertz CT molecular complexity index is 335. The van der Waals surface area contributed by atoms with Crippen LogP contribution in [0.5, 0.6) is 0 Å². The van der Waals surface area contributed by atoms with Gasteiger partial charge in [-0.25, -0.2) is 0 Å². The van der Waals surface area contributed by atoms with Gasteiger partial charge in [0.1, 0.15) is 0 Å². The van der Waals surface area contributed by atoms with Crippen molar-refractivity contribution >= 4 is 17.5 Å². The molecule has 62 valence electrons. The lowest BCUT2D eigenvalue weighted by atomic mass is 10.0. The van der Waals surface area contributed by atoms with E-state index in [0.29, 0.717) is 18.0 Å². The van der Waals surface area contributed by atoms with Crippen LogP contribution in [-0.4, -0.2) is 5.91 Å². The summed E-state index contributed by atoms with van der Waals surface area (Å²) < 4.78 is 0. The average molecular weight is 182 g/mol. The number of benzene rings is 1. The molecular weight excluding hydrogens is 174 g/mol. The minimum Gasteiger partial charge on any atom is -0.352 e. The maximum atomic E-state index is 11.0. The van der Waals surface area contributed by atoms with Crippen LogP contribution in [0.2, 0.25) is 5.02 Å². The summed E-state index contributed by atoms with van der Waals surface area (Å²) in [6.07, 6.45) is 0.412. The third kappa shape index (κ3) is 1.18. The van der Waals surface area contributed by atoms with Gasteiger partial charge in [-0.3, -0.25) is 4.79 Å². The predicted octanol–water partition coefficient (Wildman–Crippen LogP) is 1.51. The van der Waals surface area contributed by atoms with Crippen molar-refractivity contribution < 1.29 is 4.79 Å². The van der Waals surface area contributed by atoms with E-state index in [1.54, 1.807) is 0 Å². The summed E-state index contributed by atoms with van der Waals surface area (Å²) in [5.41, 5.74) is 2.10. The highest BCUT2D eigenvalue weighted by Gasteiger charge is 2.16. The van der Waals surface area contributed by atoms with Crippen molar-refractivity contribution in [2.24, 2.45) is 0 Å². The zero-order chi connectivity index (χ0) is 8.55. The van der Waals surface area contributed by atoms with Gasteiger partial charge in [0, 0.05) is 11.6 Å². The van der Waals surface area contributed by atoms with Gasteiger partial charge in [0.2, 0.25) is 5.91 Å². The van der Waals surface area contributed by atoms with Gasteiger partial charge in [-0.1, -0.05) is 23.7 Å². The quantitative estimate of drug-likeness (QED) is 0.646. The lowest BCUT2D eigenvalue weighted by molar-refractivity contribution is -0.121. The molecule has 1 amide bonds. The molecule has 0 saturated heterocycles. The Morgan fingerprint density at radius 2 is 2.25 bits per heavy atom. The first-order chi connectivity index (χ1) is 5.77. The van der Waals surface area contributed by atoms with Crippen LogP contribution in [0.4, 0.5) is 0 Å². The molecule has 1 heterocycles. The summed E-state index contributed by atoms with van der Waals surface area (Å²) in [4.78, 5) is 11.0. The topological polar surface area (TPSA) is 29.1 Å². The maximum Gasteiger partial charge on any atom is 0.224 e. The second-order valence-electron chi connectivity index (χ2n) is 2.83. The van der Waals surface area contributed by atoms with Gasteiger partial charge >= 0.3 is 0 Å². The van der Waals surface area contributed by atoms with E-state index in [-0.39, 0.29) is 5.91 Å². The van der Waals surface area contributed by atoms with Gasteiger partial charge in [-0.05, 0) is 17.2 Å². The molecule has 0 aliphatic carbocycles. The van der Waals surface area contributed by atoms with E-state index in [1.165, 1.54) is 0 Å². The molecule has 0 saturated carbocycles. The van der Waals surface area contributed by atoms with Gasteiger partial charge in [0.15, 0.2) is 0 Å². The molecule has 1 N–H and O–H groups in total. The fourth-order valence-corrected chi connectivity index (χ4v) is 1.64. The van der Waals surface area contributed by atoms with Gasteiger partial charge in [0.05, 0.1) is 6.42 Å². The fraction of sp³-hybridized carbons (Fsp3) is 0.222. The summed E-state index contributed by atoms with van der Waals surface area (Å²) >= 11 is 5.93. The van der Waals surface area contributed by atoms with E-state index in [9.17, 15) is 4.79 Å². The van der Waals surface area contributed by atoms with Crippen molar-refractivity contribution in [2.75, 3.05) is 0 Å². The molecule has 0 spiro atoms. The van der Waals surface area contributed by atoms with Crippen LogP contribution in [0.25, 0.3) is 0 Å². The number of rotatable bonds is 0.